The van der Waals surface area contributed by atoms with E-state index >= 15 is 0 Å². The highest BCUT2D eigenvalue weighted by atomic mass is 32.1. The van der Waals surface area contributed by atoms with Gasteiger partial charge in [0.1, 0.15) is 0 Å². The Kier molecular flexibility index (Phi) is 6.64. The third-order valence-corrected chi connectivity index (χ3v) is 5.95. The Morgan fingerprint density at radius 3 is 2.69 bits per heavy atom. The van der Waals surface area contributed by atoms with Gasteiger partial charge in [-0.25, -0.2) is 0 Å². The standard InChI is InChI=1S/C21H24N2O5S/c1-13(2)28-20(24)11-17(15-8-3-5-9-18(15)23(26)27)22-21(25)16-12-29-19-10-6-4-7-14(16)19/h3,5,8-9,12-13,17H,4,6-7,10-11H2,1-2H3,(H,22,25). The van der Waals surface area contributed by atoms with Crippen molar-refractivity contribution in [2.24, 2.45) is 0 Å². The number of nitro groups is 1. The van der Waals surface area contributed by atoms with Crippen LogP contribution in [0.1, 0.15) is 65.5 Å². The summed E-state index contributed by atoms with van der Waals surface area (Å²) in [6.45, 7) is 3.46. The van der Waals surface area contributed by atoms with Crippen LogP contribution in [0.5, 0.6) is 0 Å². The van der Waals surface area contributed by atoms with Crippen molar-refractivity contribution in [3.8, 4) is 0 Å². The molecule has 0 radical (unpaired) electrons. The highest BCUT2D eigenvalue weighted by molar-refractivity contribution is 7.10. The number of nitrogens with one attached hydrogen (secondary N) is 1. The number of amides is 1. The predicted molar refractivity (Wildman–Crippen MR) is 110 cm³/mol. The highest BCUT2D eigenvalue weighted by Crippen LogP contribution is 2.32. The number of rotatable bonds is 7. The van der Waals surface area contributed by atoms with Crippen molar-refractivity contribution in [3.63, 3.8) is 0 Å². The van der Waals surface area contributed by atoms with Gasteiger partial charge in [0.05, 0.1) is 34.6 Å². The van der Waals surface area contributed by atoms with E-state index in [0.29, 0.717) is 5.56 Å². The summed E-state index contributed by atoms with van der Waals surface area (Å²) in [4.78, 5) is 37.5. The molecule has 0 saturated carbocycles. The topological polar surface area (TPSA) is 98.5 Å². The lowest BCUT2D eigenvalue weighted by molar-refractivity contribution is -0.385. The van der Waals surface area contributed by atoms with Gasteiger partial charge >= 0.3 is 5.97 Å². The van der Waals surface area contributed by atoms with Gasteiger partial charge in [0.2, 0.25) is 0 Å². The Hall–Kier alpha value is -2.74. The van der Waals surface area contributed by atoms with E-state index < -0.39 is 16.9 Å². The molecule has 1 aliphatic rings. The van der Waals surface area contributed by atoms with Crippen LogP contribution in [-0.4, -0.2) is 22.9 Å². The van der Waals surface area contributed by atoms with Crippen molar-refractivity contribution < 1.29 is 19.2 Å². The normalized spacial score (nSPS) is 14.2. The van der Waals surface area contributed by atoms with Crippen molar-refractivity contribution in [2.75, 3.05) is 0 Å². The van der Waals surface area contributed by atoms with Gasteiger partial charge in [0.15, 0.2) is 0 Å². The smallest absolute Gasteiger partial charge is 0.308 e. The lowest BCUT2D eigenvalue weighted by Gasteiger charge is -2.20. The molecular weight excluding hydrogens is 392 g/mol. The van der Waals surface area contributed by atoms with Gasteiger partial charge in [-0.15, -0.1) is 11.3 Å². The first-order valence-electron chi connectivity index (χ1n) is 9.69. The quantitative estimate of drug-likeness (QED) is 0.411. The molecule has 29 heavy (non-hydrogen) atoms. The van der Waals surface area contributed by atoms with Crippen LogP contribution < -0.4 is 5.32 Å². The van der Waals surface area contributed by atoms with Crippen LogP contribution in [0.25, 0.3) is 0 Å². The summed E-state index contributed by atoms with van der Waals surface area (Å²) in [5, 5.41) is 16.2. The van der Waals surface area contributed by atoms with Gasteiger partial charge in [0, 0.05) is 16.3 Å². The summed E-state index contributed by atoms with van der Waals surface area (Å²) >= 11 is 1.57. The maximum Gasteiger partial charge on any atom is 0.308 e. The number of aryl methyl sites for hydroxylation is 1. The number of carbonyl (C=O) groups is 2. The zero-order chi connectivity index (χ0) is 21.0. The van der Waals surface area contributed by atoms with E-state index in [9.17, 15) is 19.7 Å². The number of nitro benzene ring substituents is 1. The SMILES string of the molecule is CC(C)OC(=O)CC(NC(=O)c1csc2c1CCCC2)c1ccccc1[N+](=O)[O-]. The fraction of sp³-hybridized carbons (Fsp3) is 0.429. The second-order valence-electron chi connectivity index (χ2n) is 7.34. The number of hydrogen-bond donors (Lipinski definition) is 1. The summed E-state index contributed by atoms with van der Waals surface area (Å²) in [5.41, 5.74) is 1.81. The lowest BCUT2D eigenvalue weighted by Crippen LogP contribution is -2.32. The molecule has 0 aliphatic heterocycles. The molecule has 1 N–H and O–H groups in total. The Bertz CT molecular complexity index is 922. The van der Waals surface area contributed by atoms with Crippen LogP contribution in [0, 0.1) is 10.1 Å². The van der Waals surface area contributed by atoms with Crippen LogP contribution in [0.3, 0.4) is 0 Å². The van der Waals surface area contributed by atoms with Gasteiger partial charge < -0.3 is 10.1 Å². The van der Waals surface area contributed by atoms with Crippen molar-refractivity contribution in [2.45, 2.75) is 58.1 Å². The maximum atomic E-state index is 13.0. The van der Waals surface area contributed by atoms with E-state index in [1.165, 1.54) is 10.9 Å². The summed E-state index contributed by atoms with van der Waals surface area (Å²) < 4.78 is 5.21. The molecule has 3 rings (SSSR count). The number of carbonyl (C=O) groups excluding carboxylic acids is 2. The molecule has 1 amide bonds. The largest absolute Gasteiger partial charge is 0.463 e. The van der Waals surface area contributed by atoms with Crippen LogP contribution in [-0.2, 0) is 22.4 Å². The number of nitrogens with zero attached hydrogens (tertiary/aromatic N) is 1. The molecule has 8 heteroatoms. The van der Waals surface area contributed by atoms with Crippen molar-refractivity contribution in [1.29, 1.82) is 0 Å². The molecule has 0 bridgehead atoms. The maximum absolute atomic E-state index is 13.0. The fourth-order valence-electron chi connectivity index (χ4n) is 3.59. The summed E-state index contributed by atoms with van der Waals surface area (Å²) in [7, 11) is 0. The Morgan fingerprint density at radius 2 is 1.97 bits per heavy atom. The van der Waals surface area contributed by atoms with Crippen molar-refractivity contribution in [1.82, 2.24) is 5.32 Å². The first-order valence-corrected chi connectivity index (χ1v) is 10.6. The molecule has 1 heterocycles. The van der Waals surface area contributed by atoms with E-state index in [4.69, 9.17) is 4.74 Å². The first-order chi connectivity index (χ1) is 13.9. The lowest BCUT2D eigenvalue weighted by atomic mass is 9.95. The van der Waals surface area contributed by atoms with Crippen LogP contribution in [0.4, 0.5) is 5.69 Å². The minimum absolute atomic E-state index is 0.137. The third kappa shape index (κ3) is 5.00. The number of para-hydroxylation sites is 1. The predicted octanol–water partition coefficient (Wildman–Crippen LogP) is 4.35. The Balaban J connectivity index is 1.89. The average molecular weight is 416 g/mol. The monoisotopic (exact) mass is 416 g/mol. The number of hydrogen-bond acceptors (Lipinski definition) is 6. The number of fused-ring (bicyclic) bond motifs is 1. The summed E-state index contributed by atoms with van der Waals surface area (Å²) in [5.74, 6) is -0.833. The van der Waals surface area contributed by atoms with E-state index in [1.807, 2.05) is 5.38 Å². The fourth-order valence-corrected chi connectivity index (χ4v) is 4.71. The molecule has 0 fully saturated rings. The van der Waals surface area contributed by atoms with Crippen LogP contribution >= 0.6 is 11.3 Å². The molecule has 1 atom stereocenters. The molecular formula is C21H24N2O5S. The number of thiophene rings is 1. The molecule has 1 aromatic heterocycles. The summed E-state index contributed by atoms with van der Waals surface area (Å²) in [6, 6.07) is 5.29. The summed E-state index contributed by atoms with van der Waals surface area (Å²) in [6.07, 6.45) is 3.50. The van der Waals surface area contributed by atoms with E-state index in [1.54, 1.807) is 43.4 Å². The second kappa shape index (κ2) is 9.17. The number of benzene rings is 1. The van der Waals surface area contributed by atoms with Crippen LogP contribution in [0.2, 0.25) is 0 Å². The van der Waals surface area contributed by atoms with Crippen LogP contribution in [0.15, 0.2) is 29.6 Å². The minimum atomic E-state index is -0.852. The molecule has 0 saturated heterocycles. The molecule has 0 spiro atoms. The zero-order valence-corrected chi connectivity index (χ0v) is 17.3. The molecule has 1 unspecified atom stereocenters. The van der Waals surface area contributed by atoms with Crippen molar-refractivity contribution >= 4 is 28.9 Å². The third-order valence-electron chi connectivity index (χ3n) is 4.86. The van der Waals surface area contributed by atoms with Gasteiger partial charge in [-0.1, -0.05) is 18.2 Å². The highest BCUT2D eigenvalue weighted by Gasteiger charge is 2.28. The Labute approximate surface area is 173 Å². The average Bonchev–Trinajstić information content (AvgIpc) is 3.11. The number of esters is 1. The van der Waals surface area contributed by atoms with Gasteiger partial charge in [-0.3, -0.25) is 19.7 Å². The molecule has 2 aromatic rings. The van der Waals surface area contributed by atoms with Gasteiger partial charge in [-0.2, -0.15) is 0 Å². The van der Waals surface area contributed by atoms with Gasteiger partial charge in [0.25, 0.3) is 11.6 Å². The molecule has 7 nitrogen and oxygen atoms in total. The molecule has 154 valence electrons. The minimum Gasteiger partial charge on any atom is -0.463 e. The van der Waals surface area contributed by atoms with E-state index in [2.05, 4.69) is 5.32 Å². The first kappa shape index (κ1) is 21.0. The van der Waals surface area contributed by atoms with Crippen molar-refractivity contribution in [3.05, 3.63) is 61.3 Å². The Morgan fingerprint density at radius 1 is 1.24 bits per heavy atom. The molecule has 1 aliphatic carbocycles. The van der Waals surface area contributed by atoms with Gasteiger partial charge in [-0.05, 0) is 45.1 Å². The molecule has 1 aromatic carbocycles. The van der Waals surface area contributed by atoms with E-state index in [0.717, 1.165) is 31.2 Å². The number of ether oxygens (including phenoxy) is 1. The second-order valence-corrected chi connectivity index (χ2v) is 8.31. The van der Waals surface area contributed by atoms with E-state index in [-0.39, 0.29) is 29.7 Å². The zero-order valence-electron chi connectivity index (χ0n) is 16.5.